The first-order chi connectivity index (χ1) is 8.15. The Bertz CT molecular complexity index is 372. The summed E-state index contributed by atoms with van der Waals surface area (Å²) in [5.74, 6) is 2.54. The Hall–Kier alpha value is -1.30. The second-order valence-corrected chi connectivity index (χ2v) is 4.40. The first-order valence-electron chi connectivity index (χ1n) is 6.02. The minimum absolute atomic E-state index is 0.352. The summed E-state index contributed by atoms with van der Waals surface area (Å²) < 4.78 is 0. The fraction of sp³-hybridized carbons (Fsp3) is 0.467. The van der Waals surface area contributed by atoms with Crippen LogP contribution in [0.2, 0.25) is 0 Å². The Morgan fingerprint density at radius 3 is 2.59 bits per heavy atom. The summed E-state index contributed by atoms with van der Waals surface area (Å²) in [5, 5.41) is 12.9. The zero-order valence-electron chi connectivity index (χ0n) is 10.7. The summed E-state index contributed by atoms with van der Waals surface area (Å²) in [4.78, 5) is 0. The van der Waals surface area contributed by atoms with Crippen molar-refractivity contribution in [2.24, 2.45) is 0 Å². The maximum absolute atomic E-state index is 9.64. The smallest absolute Gasteiger partial charge is 0.0673 e. The van der Waals surface area contributed by atoms with Gasteiger partial charge in [0.15, 0.2) is 0 Å². The predicted octanol–water partition coefficient (Wildman–Crippen LogP) is 2.17. The number of hydrogen-bond donors (Lipinski definition) is 2. The van der Waals surface area contributed by atoms with Crippen LogP contribution in [0.1, 0.15) is 29.5 Å². The highest BCUT2D eigenvalue weighted by molar-refractivity contribution is 5.33. The van der Waals surface area contributed by atoms with Crippen molar-refractivity contribution in [2.45, 2.75) is 39.3 Å². The second kappa shape index (κ2) is 7.11. The minimum atomic E-state index is -0.352. The van der Waals surface area contributed by atoms with Crippen LogP contribution in [0.3, 0.4) is 0 Å². The highest BCUT2D eigenvalue weighted by Crippen LogP contribution is 2.12. The molecule has 0 radical (unpaired) electrons. The van der Waals surface area contributed by atoms with Crippen molar-refractivity contribution in [3.63, 3.8) is 0 Å². The molecule has 1 atom stereocenters. The van der Waals surface area contributed by atoms with Gasteiger partial charge in [0.05, 0.1) is 6.10 Å². The average molecular weight is 231 g/mol. The molecule has 0 heterocycles. The van der Waals surface area contributed by atoms with Crippen molar-refractivity contribution in [3.8, 4) is 12.3 Å². The molecule has 0 fully saturated rings. The van der Waals surface area contributed by atoms with E-state index in [1.165, 1.54) is 16.7 Å². The normalized spacial score (nSPS) is 12.1. The lowest BCUT2D eigenvalue weighted by Crippen LogP contribution is -2.26. The zero-order valence-corrected chi connectivity index (χ0v) is 10.7. The van der Waals surface area contributed by atoms with Gasteiger partial charge in [-0.2, -0.15) is 0 Å². The van der Waals surface area contributed by atoms with E-state index in [0.717, 1.165) is 6.54 Å². The number of hydrogen-bond acceptors (Lipinski definition) is 2. The molecule has 92 valence electrons. The summed E-state index contributed by atoms with van der Waals surface area (Å²) in [7, 11) is 0. The summed E-state index contributed by atoms with van der Waals surface area (Å²) in [6, 6.07) is 6.29. The quantitative estimate of drug-likeness (QED) is 0.735. The lowest BCUT2D eigenvalue weighted by Gasteiger charge is -2.13. The lowest BCUT2D eigenvalue weighted by atomic mass is 10.0. The fourth-order valence-electron chi connectivity index (χ4n) is 1.84. The van der Waals surface area contributed by atoms with Gasteiger partial charge in [-0.3, -0.25) is 0 Å². The van der Waals surface area contributed by atoms with Crippen molar-refractivity contribution in [2.75, 3.05) is 6.54 Å². The molecule has 0 aliphatic rings. The Labute approximate surface area is 104 Å². The third-order valence-corrected chi connectivity index (χ3v) is 2.95. The molecular weight excluding hydrogens is 210 g/mol. The van der Waals surface area contributed by atoms with E-state index in [-0.39, 0.29) is 6.10 Å². The number of nitrogens with one attached hydrogen (secondary N) is 1. The van der Waals surface area contributed by atoms with Crippen molar-refractivity contribution in [3.05, 3.63) is 34.9 Å². The molecule has 1 aromatic carbocycles. The average Bonchev–Trinajstić information content (AvgIpc) is 2.30. The maximum atomic E-state index is 9.64. The van der Waals surface area contributed by atoms with Crippen molar-refractivity contribution in [1.29, 1.82) is 0 Å². The van der Waals surface area contributed by atoms with Gasteiger partial charge >= 0.3 is 0 Å². The fourth-order valence-corrected chi connectivity index (χ4v) is 1.84. The van der Waals surface area contributed by atoms with Crippen LogP contribution < -0.4 is 5.32 Å². The van der Waals surface area contributed by atoms with Gasteiger partial charge in [0.1, 0.15) is 0 Å². The molecule has 0 aliphatic carbocycles. The van der Waals surface area contributed by atoms with E-state index in [9.17, 15) is 5.11 Å². The van der Waals surface area contributed by atoms with Crippen LogP contribution in [0.4, 0.5) is 0 Å². The van der Waals surface area contributed by atoms with Gasteiger partial charge in [-0.25, -0.2) is 0 Å². The van der Waals surface area contributed by atoms with Crippen molar-refractivity contribution < 1.29 is 5.11 Å². The molecule has 17 heavy (non-hydrogen) atoms. The number of aliphatic hydroxyl groups excluding tert-OH is 1. The van der Waals surface area contributed by atoms with Crippen LogP contribution in [0.25, 0.3) is 0 Å². The molecule has 0 saturated carbocycles. The predicted molar refractivity (Wildman–Crippen MR) is 71.7 cm³/mol. The summed E-state index contributed by atoms with van der Waals surface area (Å²) in [5.41, 5.74) is 3.89. The summed E-state index contributed by atoms with van der Waals surface area (Å²) in [6.07, 6.45) is 6.10. The zero-order chi connectivity index (χ0) is 12.7. The number of terminal acetylenes is 1. The van der Waals surface area contributed by atoms with Crippen molar-refractivity contribution >= 4 is 0 Å². The molecule has 0 amide bonds. The third kappa shape index (κ3) is 4.60. The molecule has 1 rings (SSSR count). The molecule has 1 unspecified atom stereocenters. The van der Waals surface area contributed by atoms with E-state index in [1.807, 2.05) is 0 Å². The first kappa shape index (κ1) is 13.8. The van der Waals surface area contributed by atoms with Crippen LogP contribution in [-0.4, -0.2) is 17.8 Å². The van der Waals surface area contributed by atoms with Gasteiger partial charge < -0.3 is 10.4 Å². The Morgan fingerprint density at radius 2 is 2.00 bits per heavy atom. The topological polar surface area (TPSA) is 32.3 Å². The van der Waals surface area contributed by atoms with E-state index in [0.29, 0.717) is 19.4 Å². The monoisotopic (exact) mass is 231 g/mol. The molecule has 2 N–H and O–H groups in total. The van der Waals surface area contributed by atoms with Gasteiger partial charge in [-0.15, -0.1) is 12.3 Å². The van der Waals surface area contributed by atoms with Gasteiger partial charge in [0.25, 0.3) is 0 Å². The van der Waals surface area contributed by atoms with E-state index in [4.69, 9.17) is 6.42 Å². The van der Waals surface area contributed by atoms with Crippen LogP contribution in [0, 0.1) is 26.2 Å². The van der Waals surface area contributed by atoms with E-state index in [2.05, 4.69) is 43.3 Å². The van der Waals surface area contributed by atoms with Crippen LogP contribution in [0.15, 0.2) is 18.2 Å². The van der Waals surface area contributed by atoms with Crippen LogP contribution >= 0.6 is 0 Å². The van der Waals surface area contributed by atoms with Crippen LogP contribution in [-0.2, 0) is 6.54 Å². The molecule has 0 bridgehead atoms. The van der Waals surface area contributed by atoms with Crippen molar-refractivity contribution in [1.82, 2.24) is 5.32 Å². The van der Waals surface area contributed by atoms with E-state index >= 15 is 0 Å². The molecule has 0 aromatic heterocycles. The van der Waals surface area contributed by atoms with Gasteiger partial charge in [-0.05, 0) is 37.0 Å². The number of benzene rings is 1. The maximum Gasteiger partial charge on any atom is 0.0673 e. The second-order valence-electron chi connectivity index (χ2n) is 4.40. The lowest BCUT2D eigenvalue weighted by molar-refractivity contribution is 0.163. The largest absolute Gasteiger partial charge is 0.392 e. The molecule has 0 saturated heterocycles. The Balaban J connectivity index is 2.38. The number of aliphatic hydroxyl groups is 1. The SMILES string of the molecule is C#CCCC(O)CNCc1c(C)cccc1C. The minimum Gasteiger partial charge on any atom is -0.392 e. The van der Waals surface area contributed by atoms with Gasteiger partial charge in [0.2, 0.25) is 0 Å². The number of rotatable bonds is 6. The molecule has 0 spiro atoms. The molecule has 2 nitrogen and oxygen atoms in total. The molecule has 2 heteroatoms. The summed E-state index contributed by atoms with van der Waals surface area (Å²) in [6.45, 7) is 5.61. The highest BCUT2D eigenvalue weighted by Gasteiger charge is 2.04. The summed E-state index contributed by atoms with van der Waals surface area (Å²) >= 11 is 0. The van der Waals surface area contributed by atoms with Gasteiger partial charge in [-0.1, -0.05) is 18.2 Å². The number of aryl methyl sites for hydroxylation is 2. The third-order valence-electron chi connectivity index (χ3n) is 2.95. The van der Waals surface area contributed by atoms with Crippen LogP contribution in [0.5, 0.6) is 0 Å². The van der Waals surface area contributed by atoms with E-state index in [1.54, 1.807) is 0 Å². The molecule has 0 aliphatic heterocycles. The first-order valence-corrected chi connectivity index (χ1v) is 6.02. The van der Waals surface area contributed by atoms with E-state index < -0.39 is 0 Å². The Morgan fingerprint density at radius 1 is 1.35 bits per heavy atom. The molecular formula is C15H21NO. The highest BCUT2D eigenvalue weighted by atomic mass is 16.3. The Kier molecular flexibility index (Phi) is 5.76. The van der Waals surface area contributed by atoms with Gasteiger partial charge in [0, 0.05) is 19.5 Å². The standard InChI is InChI=1S/C15H21NO/c1-4-5-9-14(17)10-16-11-15-12(2)7-6-8-13(15)3/h1,6-8,14,16-17H,5,9-11H2,2-3H3. The molecule has 1 aromatic rings.